The van der Waals surface area contributed by atoms with Crippen LogP contribution in [0.4, 0.5) is 11.4 Å². The van der Waals surface area contributed by atoms with Crippen molar-refractivity contribution in [1.82, 2.24) is 4.98 Å². The summed E-state index contributed by atoms with van der Waals surface area (Å²) < 4.78 is 0. The normalized spacial score (nSPS) is 18.4. The number of fused-ring (bicyclic) bond motifs is 1. The molecule has 6 nitrogen and oxygen atoms in total. The number of rotatable bonds is 3. The average molecular weight is 287 g/mol. The zero-order valence-corrected chi connectivity index (χ0v) is 11.8. The van der Waals surface area contributed by atoms with E-state index in [4.69, 9.17) is 0 Å². The molecule has 2 heterocycles. The van der Waals surface area contributed by atoms with Gasteiger partial charge < -0.3 is 10.0 Å². The SMILES string of the molecule is Cc1cc(N2CCCC2CO)c2cccc([N+](=O)[O-])c2n1. The molecule has 1 aromatic heterocycles. The Labute approximate surface area is 122 Å². The molecule has 0 amide bonds. The predicted molar refractivity (Wildman–Crippen MR) is 80.6 cm³/mol. The van der Waals surface area contributed by atoms with Crippen molar-refractivity contribution in [2.75, 3.05) is 18.1 Å². The number of non-ortho nitro benzene ring substituents is 1. The van der Waals surface area contributed by atoms with Gasteiger partial charge in [0.1, 0.15) is 0 Å². The van der Waals surface area contributed by atoms with Crippen molar-refractivity contribution in [3.8, 4) is 0 Å². The number of anilines is 1. The van der Waals surface area contributed by atoms with E-state index < -0.39 is 4.92 Å². The number of nitro groups is 1. The van der Waals surface area contributed by atoms with Crippen molar-refractivity contribution < 1.29 is 10.0 Å². The molecule has 0 radical (unpaired) electrons. The number of nitro benzene ring substituents is 1. The topological polar surface area (TPSA) is 79.5 Å². The summed E-state index contributed by atoms with van der Waals surface area (Å²) >= 11 is 0. The molecule has 0 saturated carbocycles. The lowest BCUT2D eigenvalue weighted by atomic mass is 10.1. The van der Waals surface area contributed by atoms with Crippen LogP contribution in [0.5, 0.6) is 0 Å². The van der Waals surface area contributed by atoms with Gasteiger partial charge in [0.05, 0.1) is 17.6 Å². The molecule has 1 unspecified atom stereocenters. The van der Waals surface area contributed by atoms with Crippen LogP contribution in [0.15, 0.2) is 24.3 Å². The first-order chi connectivity index (χ1) is 10.1. The summed E-state index contributed by atoms with van der Waals surface area (Å²) in [5, 5.41) is 21.5. The van der Waals surface area contributed by atoms with E-state index in [1.54, 1.807) is 6.07 Å². The molecule has 0 spiro atoms. The number of hydrogen-bond acceptors (Lipinski definition) is 5. The number of nitrogens with zero attached hydrogens (tertiary/aromatic N) is 3. The third-order valence-electron chi connectivity index (χ3n) is 4.02. The summed E-state index contributed by atoms with van der Waals surface area (Å²) in [7, 11) is 0. The number of hydrogen-bond donors (Lipinski definition) is 1. The van der Waals surface area contributed by atoms with Gasteiger partial charge in [0.25, 0.3) is 5.69 Å². The summed E-state index contributed by atoms with van der Waals surface area (Å²) in [5.41, 5.74) is 2.12. The van der Waals surface area contributed by atoms with E-state index in [-0.39, 0.29) is 18.3 Å². The number of aryl methyl sites for hydroxylation is 1. The van der Waals surface area contributed by atoms with Crippen molar-refractivity contribution in [1.29, 1.82) is 0 Å². The summed E-state index contributed by atoms with van der Waals surface area (Å²) in [6, 6.07) is 7.04. The van der Waals surface area contributed by atoms with Gasteiger partial charge in [-0.15, -0.1) is 0 Å². The first kappa shape index (κ1) is 13.8. The van der Waals surface area contributed by atoms with Gasteiger partial charge in [-0.3, -0.25) is 10.1 Å². The molecule has 1 aliphatic heterocycles. The van der Waals surface area contributed by atoms with Crippen molar-refractivity contribution >= 4 is 22.3 Å². The quantitative estimate of drug-likeness (QED) is 0.692. The minimum absolute atomic E-state index is 0.0252. The van der Waals surface area contributed by atoms with Crippen LogP contribution in [0.3, 0.4) is 0 Å². The van der Waals surface area contributed by atoms with Crippen LogP contribution in [0.25, 0.3) is 10.9 Å². The second kappa shape index (κ2) is 5.29. The number of pyridine rings is 1. The third-order valence-corrected chi connectivity index (χ3v) is 4.02. The van der Waals surface area contributed by atoms with Crippen molar-refractivity contribution in [2.24, 2.45) is 0 Å². The van der Waals surface area contributed by atoms with Gasteiger partial charge >= 0.3 is 0 Å². The van der Waals surface area contributed by atoms with Crippen LogP contribution >= 0.6 is 0 Å². The van der Waals surface area contributed by atoms with Crippen LogP contribution in [-0.2, 0) is 0 Å². The number of aliphatic hydroxyl groups is 1. The van der Waals surface area contributed by atoms with E-state index >= 15 is 0 Å². The fourth-order valence-corrected chi connectivity index (χ4v) is 3.07. The van der Waals surface area contributed by atoms with Crippen molar-refractivity contribution in [3.63, 3.8) is 0 Å². The zero-order valence-electron chi connectivity index (χ0n) is 11.8. The number of benzene rings is 1. The van der Waals surface area contributed by atoms with E-state index in [0.717, 1.165) is 36.2 Å². The molecule has 6 heteroatoms. The highest BCUT2D eigenvalue weighted by atomic mass is 16.6. The smallest absolute Gasteiger partial charge is 0.295 e. The molecule has 3 rings (SSSR count). The number of aliphatic hydroxyl groups excluding tert-OH is 1. The minimum Gasteiger partial charge on any atom is -0.394 e. The zero-order chi connectivity index (χ0) is 15.0. The molecule has 1 atom stereocenters. The summed E-state index contributed by atoms with van der Waals surface area (Å²) in [6.45, 7) is 2.79. The van der Waals surface area contributed by atoms with Crippen molar-refractivity contribution in [2.45, 2.75) is 25.8 Å². The first-order valence-corrected chi connectivity index (χ1v) is 7.04. The van der Waals surface area contributed by atoms with E-state index in [0.29, 0.717) is 5.52 Å². The maximum atomic E-state index is 11.2. The predicted octanol–water partition coefficient (Wildman–Crippen LogP) is 2.41. The number of para-hydroxylation sites is 1. The van der Waals surface area contributed by atoms with Crippen LogP contribution in [0.1, 0.15) is 18.5 Å². The molecule has 0 bridgehead atoms. The fourth-order valence-electron chi connectivity index (χ4n) is 3.07. The van der Waals surface area contributed by atoms with E-state index in [9.17, 15) is 15.2 Å². The van der Waals surface area contributed by atoms with Crippen molar-refractivity contribution in [3.05, 3.63) is 40.1 Å². The minimum atomic E-state index is -0.397. The van der Waals surface area contributed by atoms with Gasteiger partial charge in [0.2, 0.25) is 0 Å². The highest BCUT2D eigenvalue weighted by molar-refractivity contribution is 5.97. The lowest BCUT2D eigenvalue weighted by molar-refractivity contribution is -0.383. The second-order valence-corrected chi connectivity index (χ2v) is 5.39. The highest BCUT2D eigenvalue weighted by Gasteiger charge is 2.27. The van der Waals surface area contributed by atoms with E-state index in [1.165, 1.54) is 6.07 Å². The van der Waals surface area contributed by atoms with Gasteiger partial charge in [-0.05, 0) is 25.8 Å². The standard InChI is InChI=1S/C15H17N3O3/c1-10-8-14(17-7-3-4-11(17)9-19)12-5-2-6-13(18(20)21)15(12)16-10/h2,5-6,8,11,19H,3-4,7,9H2,1H3. The van der Waals surface area contributed by atoms with Crippen LogP contribution in [0, 0.1) is 17.0 Å². The largest absolute Gasteiger partial charge is 0.394 e. The Hall–Kier alpha value is -2.21. The summed E-state index contributed by atoms with van der Waals surface area (Å²) in [5.74, 6) is 0. The molecule has 0 aliphatic carbocycles. The van der Waals surface area contributed by atoms with E-state index in [2.05, 4.69) is 9.88 Å². The molecule has 1 aliphatic rings. The van der Waals surface area contributed by atoms with Crippen LogP contribution in [0.2, 0.25) is 0 Å². The maximum absolute atomic E-state index is 11.2. The Bertz CT molecular complexity index is 702. The van der Waals surface area contributed by atoms with Gasteiger partial charge in [0, 0.05) is 29.4 Å². The average Bonchev–Trinajstić information content (AvgIpc) is 2.93. The summed E-state index contributed by atoms with van der Waals surface area (Å²) in [4.78, 5) is 17.3. The molecule has 110 valence electrons. The Morgan fingerprint density at radius 3 is 3.05 bits per heavy atom. The molecule has 1 fully saturated rings. The molecule has 2 aromatic rings. The Morgan fingerprint density at radius 2 is 2.33 bits per heavy atom. The van der Waals surface area contributed by atoms with Crippen LogP contribution in [-0.4, -0.2) is 34.2 Å². The Morgan fingerprint density at radius 1 is 1.52 bits per heavy atom. The molecule has 1 aromatic carbocycles. The molecule has 21 heavy (non-hydrogen) atoms. The molecular formula is C15H17N3O3. The fraction of sp³-hybridized carbons (Fsp3) is 0.400. The highest BCUT2D eigenvalue weighted by Crippen LogP contribution is 2.35. The third kappa shape index (κ3) is 2.31. The Kier molecular flexibility index (Phi) is 3.47. The maximum Gasteiger partial charge on any atom is 0.295 e. The molecule has 1 N–H and O–H groups in total. The van der Waals surface area contributed by atoms with Gasteiger partial charge in [0.15, 0.2) is 5.52 Å². The summed E-state index contributed by atoms with van der Waals surface area (Å²) in [6.07, 6.45) is 1.96. The second-order valence-electron chi connectivity index (χ2n) is 5.39. The van der Waals surface area contributed by atoms with Gasteiger partial charge in [-0.25, -0.2) is 4.98 Å². The Balaban J connectivity index is 2.23. The molecular weight excluding hydrogens is 270 g/mol. The van der Waals surface area contributed by atoms with Crippen LogP contribution < -0.4 is 4.90 Å². The lowest BCUT2D eigenvalue weighted by Crippen LogP contribution is -2.32. The lowest BCUT2D eigenvalue weighted by Gasteiger charge is -2.26. The monoisotopic (exact) mass is 287 g/mol. The number of aromatic nitrogens is 1. The first-order valence-electron chi connectivity index (χ1n) is 7.04. The van der Waals surface area contributed by atoms with Gasteiger partial charge in [-0.1, -0.05) is 12.1 Å². The van der Waals surface area contributed by atoms with Gasteiger partial charge in [-0.2, -0.15) is 0 Å². The molecule has 1 saturated heterocycles. The van der Waals surface area contributed by atoms with E-state index in [1.807, 2.05) is 19.1 Å².